The second-order valence-corrected chi connectivity index (χ2v) is 7.87. The van der Waals surface area contributed by atoms with E-state index in [2.05, 4.69) is 15.4 Å². The molecule has 0 saturated carbocycles. The number of nitrogens with one attached hydrogen (secondary N) is 1. The highest BCUT2D eigenvalue weighted by Gasteiger charge is 2.24. The first-order valence-electron chi connectivity index (χ1n) is 9.38. The third-order valence-electron chi connectivity index (χ3n) is 4.50. The smallest absolute Gasteiger partial charge is 0.328 e. The molecule has 2 N–H and O–H groups in total. The van der Waals surface area contributed by atoms with Gasteiger partial charge in [0.05, 0.1) is 16.4 Å². The van der Waals surface area contributed by atoms with Crippen LogP contribution in [-0.2, 0) is 4.79 Å². The predicted molar refractivity (Wildman–Crippen MR) is 121 cm³/mol. The molecule has 1 heterocycles. The number of carbonyl (C=O) groups is 1. The van der Waals surface area contributed by atoms with Crippen LogP contribution in [0.15, 0.2) is 59.6 Å². The van der Waals surface area contributed by atoms with Crippen molar-refractivity contribution >= 4 is 35.0 Å². The van der Waals surface area contributed by atoms with Crippen LogP contribution in [0.2, 0.25) is 10.0 Å². The largest absolute Gasteiger partial charge is 0.480 e. The number of amidine groups is 1. The van der Waals surface area contributed by atoms with Crippen LogP contribution in [0.3, 0.4) is 0 Å². The van der Waals surface area contributed by atoms with Crippen LogP contribution in [0.25, 0.3) is 16.9 Å². The number of aliphatic imine (C=N–C) groups is 1. The molecule has 31 heavy (non-hydrogen) atoms. The number of halogens is 2. The summed E-state index contributed by atoms with van der Waals surface area (Å²) in [7, 11) is 0. The van der Waals surface area contributed by atoms with Gasteiger partial charge in [0.25, 0.3) is 0 Å². The van der Waals surface area contributed by atoms with E-state index in [9.17, 15) is 15.2 Å². The Morgan fingerprint density at radius 1 is 1.19 bits per heavy atom. The molecule has 0 fully saturated rings. The number of nitriles is 1. The maximum absolute atomic E-state index is 11.6. The molecule has 0 amide bonds. The first-order valence-corrected chi connectivity index (χ1v) is 10.1. The summed E-state index contributed by atoms with van der Waals surface area (Å²) in [4.78, 5) is 15.9. The molecule has 2 aromatic carbocycles. The van der Waals surface area contributed by atoms with E-state index < -0.39 is 12.0 Å². The minimum absolute atomic E-state index is 0.0598. The van der Waals surface area contributed by atoms with Crippen LogP contribution in [0.1, 0.15) is 19.5 Å². The number of carboxylic acid groups (broad SMARTS) is 1. The number of benzene rings is 2. The number of nitrogens with zero attached hydrogens (tertiary/aromatic N) is 4. The van der Waals surface area contributed by atoms with Gasteiger partial charge in [-0.3, -0.25) is 10.3 Å². The van der Waals surface area contributed by atoms with E-state index in [1.807, 2.05) is 30.5 Å². The van der Waals surface area contributed by atoms with Crippen molar-refractivity contribution in [1.82, 2.24) is 15.1 Å². The molecule has 0 radical (unpaired) electrons. The Hall–Kier alpha value is -3.34. The molecular weight excluding hydrogens is 437 g/mol. The zero-order valence-corrected chi connectivity index (χ0v) is 18.3. The second kappa shape index (κ2) is 9.65. The topological polar surface area (TPSA) is 103 Å². The average Bonchev–Trinajstić information content (AvgIpc) is 3.16. The summed E-state index contributed by atoms with van der Waals surface area (Å²) in [6.07, 6.45) is 1.81. The highest BCUT2D eigenvalue weighted by Crippen LogP contribution is 2.29. The number of hydrogen-bond donors (Lipinski definition) is 2. The summed E-state index contributed by atoms with van der Waals surface area (Å²) < 4.78 is 1.63. The molecule has 3 aromatic rings. The van der Waals surface area contributed by atoms with E-state index in [0.717, 1.165) is 5.56 Å². The lowest BCUT2D eigenvalue weighted by molar-refractivity contribution is -0.139. The molecule has 0 bridgehead atoms. The Morgan fingerprint density at radius 2 is 1.87 bits per heavy atom. The van der Waals surface area contributed by atoms with Crippen LogP contribution in [0.4, 0.5) is 0 Å². The predicted octanol–water partition coefficient (Wildman–Crippen LogP) is 4.77. The van der Waals surface area contributed by atoms with E-state index in [-0.39, 0.29) is 11.8 Å². The van der Waals surface area contributed by atoms with Crippen LogP contribution in [-0.4, -0.2) is 32.7 Å². The maximum atomic E-state index is 11.6. The number of aromatic nitrogens is 2. The van der Waals surface area contributed by atoms with Crippen molar-refractivity contribution in [2.24, 2.45) is 10.9 Å². The molecule has 1 unspecified atom stereocenters. The fourth-order valence-electron chi connectivity index (χ4n) is 2.97. The van der Waals surface area contributed by atoms with Gasteiger partial charge < -0.3 is 5.11 Å². The minimum atomic E-state index is -1.09. The third kappa shape index (κ3) is 5.05. The fraction of sp³-hybridized carbons (Fsp3) is 0.182. The maximum Gasteiger partial charge on any atom is 0.328 e. The molecule has 0 spiro atoms. The van der Waals surface area contributed by atoms with E-state index in [1.54, 1.807) is 48.9 Å². The summed E-state index contributed by atoms with van der Waals surface area (Å²) in [6, 6.07) is 15.0. The quantitative estimate of drug-likeness (QED) is 0.241. The molecule has 1 atom stereocenters. The van der Waals surface area contributed by atoms with Crippen molar-refractivity contribution in [3.05, 3.63) is 70.3 Å². The Kier molecular flexibility index (Phi) is 6.95. The third-order valence-corrected chi connectivity index (χ3v) is 5.07. The van der Waals surface area contributed by atoms with Crippen LogP contribution in [0.5, 0.6) is 0 Å². The van der Waals surface area contributed by atoms with Crippen molar-refractivity contribution in [2.75, 3.05) is 0 Å². The first kappa shape index (κ1) is 22.3. The molecule has 158 valence electrons. The van der Waals surface area contributed by atoms with Gasteiger partial charge in [-0.25, -0.2) is 9.48 Å². The second-order valence-electron chi connectivity index (χ2n) is 7.03. The van der Waals surface area contributed by atoms with Crippen LogP contribution in [0, 0.1) is 17.4 Å². The lowest BCUT2D eigenvalue weighted by Crippen LogP contribution is -2.30. The summed E-state index contributed by atoms with van der Waals surface area (Å²) in [5, 5.41) is 26.8. The standard InChI is InChI=1S/C22H19Cl2N5O2/c1-13(2)20(22(30)31)27-21(26-12-25)17-11-19(14-7-9-15(23)10-8-14)29(28-17)18-6-4-3-5-16(18)24/h3-11,13,20H,1-2H3,(H,26,27)(H,30,31). The van der Waals surface area contributed by atoms with E-state index in [4.69, 9.17) is 23.2 Å². The van der Waals surface area contributed by atoms with Crippen molar-refractivity contribution in [3.63, 3.8) is 0 Å². The highest BCUT2D eigenvalue weighted by molar-refractivity contribution is 6.32. The minimum Gasteiger partial charge on any atom is -0.480 e. The Labute approximate surface area is 189 Å². The van der Waals surface area contributed by atoms with Gasteiger partial charge >= 0.3 is 5.97 Å². The lowest BCUT2D eigenvalue weighted by atomic mass is 10.1. The van der Waals surface area contributed by atoms with Crippen molar-refractivity contribution < 1.29 is 9.90 Å². The van der Waals surface area contributed by atoms with Crippen LogP contribution < -0.4 is 5.32 Å². The van der Waals surface area contributed by atoms with Gasteiger partial charge in [-0.15, -0.1) is 0 Å². The Balaban J connectivity index is 2.22. The lowest BCUT2D eigenvalue weighted by Gasteiger charge is -2.12. The Bertz CT molecular complexity index is 1160. The summed E-state index contributed by atoms with van der Waals surface area (Å²) >= 11 is 12.4. The molecule has 0 aliphatic rings. The number of rotatable bonds is 6. The number of carboxylic acids is 1. The van der Waals surface area contributed by atoms with E-state index in [1.165, 1.54) is 0 Å². The zero-order valence-electron chi connectivity index (χ0n) is 16.8. The van der Waals surface area contributed by atoms with Crippen LogP contribution >= 0.6 is 23.2 Å². The molecule has 0 aliphatic carbocycles. The molecule has 0 aliphatic heterocycles. The van der Waals surface area contributed by atoms with Crippen molar-refractivity contribution in [3.8, 4) is 23.1 Å². The number of hydrogen-bond acceptors (Lipinski definition) is 4. The van der Waals surface area contributed by atoms with E-state index in [0.29, 0.717) is 27.1 Å². The molecule has 3 rings (SSSR count). The number of para-hydroxylation sites is 1. The van der Waals surface area contributed by atoms with Gasteiger partial charge in [-0.05, 0) is 36.2 Å². The van der Waals surface area contributed by atoms with Gasteiger partial charge in [-0.2, -0.15) is 10.4 Å². The van der Waals surface area contributed by atoms with Gasteiger partial charge in [-0.1, -0.05) is 61.3 Å². The highest BCUT2D eigenvalue weighted by atomic mass is 35.5. The van der Waals surface area contributed by atoms with Gasteiger partial charge in [0.1, 0.15) is 5.69 Å². The Morgan fingerprint density at radius 3 is 2.45 bits per heavy atom. The van der Waals surface area contributed by atoms with Crippen molar-refractivity contribution in [1.29, 1.82) is 5.26 Å². The van der Waals surface area contributed by atoms with Gasteiger partial charge in [0, 0.05) is 10.6 Å². The SMILES string of the molecule is CC(C)C(N=C(NC#N)c1cc(-c2ccc(Cl)cc2)n(-c2ccccc2Cl)n1)C(=O)O. The molecular formula is C22H19Cl2N5O2. The summed E-state index contributed by atoms with van der Waals surface area (Å²) in [5.41, 5.74) is 2.40. The molecule has 0 saturated heterocycles. The van der Waals surface area contributed by atoms with Gasteiger partial charge in [0.2, 0.25) is 0 Å². The summed E-state index contributed by atoms with van der Waals surface area (Å²) in [6.45, 7) is 3.49. The summed E-state index contributed by atoms with van der Waals surface area (Å²) in [5.74, 6) is -1.31. The van der Waals surface area contributed by atoms with Gasteiger partial charge in [0.15, 0.2) is 18.1 Å². The number of aliphatic carboxylic acids is 1. The van der Waals surface area contributed by atoms with Crippen molar-refractivity contribution in [2.45, 2.75) is 19.9 Å². The average molecular weight is 456 g/mol. The first-order chi connectivity index (χ1) is 14.8. The molecule has 1 aromatic heterocycles. The normalized spacial score (nSPS) is 12.5. The monoisotopic (exact) mass is 455 g/mol. The fourth-order valence-corrected chi connectivity index (χ4v) is 3.32. The zero-order chi connectivity index (χ0) is 22.5. The molecule has 7 nitrogen and oxygen atoms in total. The molecule has 9 heteroatoms. The van der Waals surface area contributed by atoms with E-state index >= 15 is 0 Å².